The molecule has 1 aromatic carbocycles. The second-order valence-electron chi connectivity index (χ2n) is 4.29. The Balaban J connectivity index is 2.28. The Kier molecular flexibility index (Phi) is 5.28. The van der Waals surface area contributed by atoms with Gasteiger partial charge in [-0.2, -0.15) is 0 Å². The van der Waals surface area contributed by atoms with Gasteiger partial charge in [0.05, 0.1) is 22.7 Å². The van der Waals surface area contributed by atoms with E-state index in [4.69, 9.17) is 27.9 Å². The summed E-state index contributed by atoms with van der Waals surface area (Å²) >= 11 is 12.9. The lowest BCUT2D eigenvalue weighted by Gasteiger charge is -2.12. The molecule has 5 nitrogen and oxygen atoms in total. The quantitative estimate of drug-likeness (QED) is 0.857. The fraction of sp³-hybridized carbons (Fsp3) is 0.143. The van der Waals surface area contributed by atoms with Gasteiger partial charge in [0.2, 0.25) is 5.91 Å². The van der Waals surface area contributed by atoms with E-state index in [1.165, 1.54) is 20.1 Å². The predicted molar refractivity (Wildman–Crippen MR) is 89.6 cm³/mol. The maximum Gasteiger partial charge on any atom is 0.258 e. The van der Waals surface area contributed by atoms with E-state index >= 15 is 0 Å². The summed E-state index contributed by atoms with van der Waals surface area (Å²) < 4.78 is 5.92. The molecule has 1 heterocycles. The number of hydrogen-bond acceptors (Lipinski definition) is 4. The molecule has 0 atom stereocenters. The molecule has 0 unspecified atom stereocenters. The Morgan fingerprint density at radius 1 is 1.18 bits per heavy atom. The van der Waals surface area contributed by atoms with E-state index < -0.39 is 5.91 Å². The molecule has 2 amide bonds. The molecular weight excluding hydrogens is 347 g/mol. The average molecular weight is 359 g/mol. The van der Waals surface area contributed by atoms with Crippen molar-refractivity contribution in [1.82, 2.24) is 0 Å². The molecule has 8 heteroatoms. The smallest absolute Gasteiger partial charge is 0.258 e. The minimum atomic E-state index is -0.411. The highest BCUT2D eigenvalue weighted by atomic mass is 35.5. The lowest BCUT2D eigenvalue weighted by molar-refractivity contribution is -0.114. The zero-order valence-electron chi connectivity index (χ0n) is 11.7. The van der Waals surface area contributed by atoms with Gasteiger partial charge in [-0.15, -0.1) is 11.3 Å². The third kappa shape index (κ3) is 3.91. The largest absolute Gasteiger partial charge is 0.495 e. The zero-order valence-corrected chi connectivity index (χ0v) is 14.0. The van der Waals surface area contributed by atoms with Gasteiger partial charge in [0.25, 0.3) is 5.91 Å². The molecule has 2 N–H and O–H groups in total. The summed E-state index contributed by atoms with van der Waals surface area (Å²) in [6.45, 7) is 1.40. The fourth-order valence-corrected chi connectivity index (χ4v) is 3.23. The van der Waals surface area contributed by atoms with Crippen LogP contribution in [-0.2, 0) is 4.79 Å². The number of amides is 2. The molecule has 2 aromatic rings. The molecule has 0 saturated carbocycles. The Morgan fingerprint density at radius 3 is 2.45 bits per heavy atom. The third-order valence-electron chi connectivity index (χ3n) is 2.67. The number of methoxy groups -OCH3 is 1. The van der Waals surface area contributed by atoms with Crippen molar-refractivity contribution in [1.29, 1.82) is 0 Å². The number of anilines is 2. The van der Waals surface area contributed by atoms with Crippen molar-refractivity contribution in [2.45, 2.75) is 6.92 Å². The van der Waals surface area contributed by atoms with Crippen LogP contribution in [0.2, 0.25) is 8.67 Å². The summed E-state index contributed by atoms with van der Waals surface area (Å²) in [5.74, 6) is -0.165. The molecule has 1 aromatic heterocycles. The van der Waals surface area contributed by atoms with E-state index in [1.807, 2.05) is 0 Å². The van der Waals surface area contributed by atoms with Gasteiger partial charge in [0, 0.05) is 12.6 Å². The summed E-state index contributed by atoms with van der Waals surface area (Å²) in [4.78, 5) is 23.4. The van der Waals surface area contributed by atoms with Crippen LogP contribution < -0.4 is 15.4 Å². The minimum Gasteiger partial charge on any atom is -0.495 e. The number of ether oxygens (including phenoxy) is 1. The molecule has 0 aliphatic rings. The first-order valence-corrected chi connectivity index (χ1v) is 7.69. The Morgan fingerprint density at radius 2 is 1.91 bits per heavy atom. The zero-order chi connectivity index (χ0) is 16.3. The lowest BCUT2D eigenvalue weighted by Crippen LogP contribution is -2.13. The normalized spacial score (nSPS) is 10.2. The molecular formula is C14H12Cl2N2O3S. The summed E-state index contributed by atoms with van der Waals surface area (Å²) in [5, 5.41) is 5.33. The van der Waals surface area contributed by atoms with Crippen LogP contribution in [0.1, 0.15) is 17.3 Å². The van der Waals surface area contributed by atoms with Crippen molar-refractivity contribution in [3.8, 4) is 5.75 Å². The van der Waals surface area contributed by atoms with E-state index in [9.17, 15) is 9.59 Å². The maximum atomic E-state index is 12.3. The Bertz CT molecular complexity index is 731. The van der Waals surface area contributed by atoms with Crippen LogP contribution in [0.25, 0.3) is 0 Å². The van der Waals surface area contributed by atoms with Gasteiger partial charge in [-0.1, -0.05) is 23.2 Å². The van der Waals surface area contributed by atoms with Crippen molar-refractivity contribution in [2.75, 3.05) is 17.7 Å². The fourth-order valence-electron chi connectivity index (χ4n) is 1.77. The Labute approximate surface area is 141 Å². The van der Waals surface area contributed by atoms with Crippen LogP contribution in [0.15, 0.2) is 24.3 Å². The summed E-state index contributed by atoms with van der Waals surface area (Å²) in [5.41, 5.74) is 1.24. The number of thiophene rings is 1. The molecule has 0 spiro atoms. The molecule has 22 heavy (non-hydrogen) atoms. The first kappa shape index (κ1) is 16.6. The highest BCUT2D eigenvalue weighted by Gasteiger charge is 2.16. The highest BCUT2D eigenvalue weighted by Crippen LogP contribution is 2.33. The van der Waals surface area contributed by atoms with E-state index in [1.54, 1.807) is 18.2 Å². The number of benzene rings is 1. The van der Waals surface area contributed by atoms with Crippen LogP contribution in [0.4, 0.5) is 11.4 Å². The number of carbonyl (C=O) groups excluding carboxylic acids is 2. The van der Waals surface area contributed by atoms with Crippen LogP contribution in [0.3, 0.4) is 0 Å². The van der Waals surface area contributed by atoms with Crippen molar-refractivity contribution in [2.24, 2.45) is 0 Å². The molecule has 0 aliphatic carbocycles. The van der Waals surface area contributed by atoms with Crippen molar-refractivity contribution in [3.63, 3.8) is 0 Å². The van der Waals surface area contributed by atoms with Gasteiger partial charge in [-0.05, 0) is 24.3 Å². The second kappa shape index (κ2) is 7.00. The van der Waals surface area contributed by atoms with Crippen LogP contribution >= 0.6 is 34.5 Å². The molecule has 0 aliphatic heterocycles. The average Bonchev–Trinajstić information content (AvgIpc) is 2.77. The van der Waals surface area contributed by atoms with Gasteiger partial charge >= 0.3 is 0 Å². The van der Waals surface area contributed by atoms with Crippen molar-refractivity contribution in [3.05, 3.63) is 38.5 Å². The molecule has 2 rings (SSSR count). The SMILES string of the molecule is COc1ccc(NC(C)=O)cc1NC(=O)c1cc(Cl)sc1Cl. The van der Waals surface area contributed by atoms with Crippen LogP contribution in [0, 0.1) is 0 Å². The second-order valence-corrected chi connectivity index (χ2v) is 6.57. The number of rotatable bonds is 4. The van der Waals surface area contributed by atoms with E-state index in [0.29, 0.717) is 25.8 Å². The third-order valence-corrected chi connectivity index (χ3v) is 4.16. The molecule has 0 bridgehead atoms. The summed E-state index contributed by atoms with van der Waals surface area (Å²) in [7, 11) is 1.48. The van der Waals surface area contributed by atoms with Crippen molar-refractivity contribution >= 4 is 57.7 Å². The standard InChI is InChI=1S/C14H12Cl2N2O3S/c1-7(19)17-8-3-4-11(21-2)10(5-8)18-14(20)9-6-12(15)22-13(9)16/h3-6H,1-2H3,(H,17,19)(H,18,20). The van der Waals surface area contributed by atoms with Gasteiger partial charge < -0.3 is 15.4 Å². The minimum absolute atomic E-state index is 0.213. The van der Waals surface area contributed by atoms with E-state index in [0.717, 1.165) is 11.3 Å². The van der Waals surface area contributed by atoms with E-state index in [-0.39, 0.29) is 11.5 Å². The van der Waals surface area contributed by atoms with Gasteiger partial charge in [0.1, 0.15) is 10.1 Å². The first-order chi connectivity index (χ1) is 10.4. The number of carbonyl (C=O) groups is 2. The maximum absolute atomic E-state index is 12.3. The molecule has 0 fully saturated rings. The van der Waals surface area contributed by atoms with Crippen LogP contribution in [-0.4, -0.2) is 18.9 Å². The molecule has 0 radical (unpaired) electrons. The number of halogens is 2. The van der Waals surface area contributed by atoms with Crippen molar-refractivity contribution < 1.29 is 14.3 Å². The predicted octanol–water partition coefficient (Wildman–Crippen LogP) is 4.27. The summed E-state index contributed by atoms with van der Waals surface area (Å²) in [6, 6.07) is 6.40. The first-order valence-electron chi connectivity index (χ1n) is 6.12. The van der Waals surface area contributed by atoms with E-state index in [2.05, 4.69) is 10.6 Å². The van der Waals surface area contributed by atoms with Crippen LogP contribution in [0.5, 0.6) is 5.75 Å². The summed E-state index contributed by atoms with van der Waals surface area (Å²) in [6.07, 6.45) is 0. The topological polar surface area (TPSA) is 67.4 Å². The number of hydrogen-bond donors (Lipinski definition) is 2. The lowest BCUT2D eigenvalue weighted by atomic mass is 10.2. The molecule has 116 valence electrons. The Hall–Kier alpha value is -1.76. The number of nitrogens with one attached hydrogen (secondary N) is 2. The van der Waals surface area contributed by atoms with Gasteiger partial charge in [-0.25, -0.2) is 0 Å². The highest BCUT2D eigenvalue weighted by molar-refractivity contribution is 7.20. The van der Waals surface area contributed by atoms with Gasteiger partial charge in [-0.3, -0.25) is 9.59 Å². The monoisotopic (exact) mass is 358 g/mol. The molecule has 0 saturated heterocycles. The van der Waals surface area contributed by atoms with Gasteiger partial charge in [0.15, 0.2) is 0 Å².